The molecule has 6 N–H and O–H groups in total. The first-order valence-electron chi connectivity index (χ1n) is 8.31. The van der Waals surface area contributed by atoms with E-state index in [4.69, 9.17) is 11.5 Å². The fourth-order valence-corrected chi connectivity index (χ4v) is 3.33. The second-order valence-corrected chi connectivity index (χ2v) is 6.90. The number of carbonyl (C=O) groups is 2. The van der Waals surface area contributed by atoms with E-state index < -0.39 is 6.04 Å². The summed E-state index contributed by atoms with van der Waals surface area (Å²) < 4.78 is 0. The molecule has 2 aromatic carbocycles. The van der Waals surface area contributed by atoms with E-state index in [2.05, 4.69) is 10.6 Å². The van der Waals surface area contributed by atoms with Gasteiger partial charge in [-0.2, -0.15) is 0 Å². The van der Waals surface area contributed by atoms with E-state index in [9.17, 15) is 9.59 Å². The Morgan fingerprint density at radius 3 is 2.44 bits per heavy atom. The summed E-state index contributed by atoms with van der Waals surface area (Å²) in [6, 6.07) is 15.4. The number of rotatable bonds is 5. The fourth-order valence-electron chi connectivity index (χ4n) is 2.60. The molecule has 1 aromatic heterocycles. The van der Waals surface area contributed by atoms with E-state index in [1.54, 1.807) is 41.7 Å². The van der Waals surface area contributed by atoms with Gasteiger partial charge in [0.1, 0.15) is 6.04 Å². The van der Waals surface area contributed by atoms with Gasteiger partial charge in [0.25, 0.3) is 5.91 Å². The summed E-state index contributed by atoms with van der Waals surface area (Å²) in [5.74, 6) is -0.574. The SMILES string of the molecule is CNC(=O)C(N)c1ccc(C(=O)Nc2cc(-c3cccs3)ccc2N)cc1. The highest BCUT2D eigenvalue weighted by Gasteiger charge is 2.15. The Morgan fingerprint density at radius 2 is 1.81 bits per heavy atom. The van der Waals surface area contributed by atoms with E-state index in [0.717, 1.165) is 10.4 Å². The predicted molar refractivity (Wildman–Crippen MR) is 110 cm³/mol. The van der Waals surface area contributed by atoms with Gasteiger partial charge < -0.3 is 22.1 Å². The molecule has 0 bridgehead atoms. The molecule has 27 heavy (non-hydrogen) atoms. The molecular weight excluding hydrogens is 360 g/mol. The lowest BCUT2D eigenvalue weighted by Crippen LogP contribution is -2.31. The zero-order valence-corrected chi connectivity index (χ0v) is 15.5. The molecular formula is C20H20N4O2S. The highest BCUT2D eigenvalue weighted by Crippen LogP contribution is 2.30. The number of hydrogen-bond donors (Lipinski definition) is 4. The summed E-state index contributed by atoms with van der Waals surface area (Å²) in [4.78, 5) is 25.3. The van der Waals surface area contributed by atoms with Crippen LogP contribution in [-0.4, -0.2) is 18.9 Å². The number of hydrogen-bond acceptors (Lipinski definition) is 5. The van der Waals surface area contributed by atoms with Crippen LogP contribution < -0.4 is 22.1 Å². The van der Waals surface area contributed by atoms with Gasteiger partial charge >= 0.3 is 0 Å². The van der Waals surface area contributed by atoms with Crippen molar-refractivity contribution >= 4 is 34.5 Å². The van der Waals surface area contributed by atoms with Crippen LogP contribution in [0.4, 0.5) is 11.4 Å². The molecule has 0 aliphatic carbocycles. The Bertz CT molecular complexity index is 953. The fraction of sp³-hybridized carbons (Fsp3) is 0.100. The van der Waals surface area contributed by atoms with Gasteiger partial charge in [-0.15, -0.1) is 11.3 Å². The van der Waals surface area contributed by atoms with E-state index >= 15 is 0 Å². The zero-order valence-electron chi connectivity index (χ0n) is 14.7. The molecule has 6 nitrogen and oxygen atoms in total. The van der Waals surface area contributed by atoms with Gasteiger partial charge in [-0.3, -0.25) is 9.59 Å². The van der Waals surface area contributed by atoms with E-state index in [-0.39, 0.29) is 11.8 Å². The minimum Gasteiger partial charge on any atom is -0.397 e. The lowest BCUT2D eigenvalue weighted by molar-refractivity contribution is -0.121. The van der Waals surface area contributed by atoms with Crippen LogP contribution in [0.2, 0.25) is 0 Å². The van der Waals surface area contributed by atoms with Crippen LogP contribution in [0.1, 0.15) is 22.0 Å². The largest absolute Gasteiger partial charge is 0.397 e. The number of thiophene rings is 1. The summed E-state index contributed by atoms with van der Waals surface area (Å²) in [6.45, 7) is 0. The van der Waals surface area contributed by atoms with Crippen molar-refractivity contribution < 1.29 is 9.59 Å². The Labute approximate surface area is 161 Å². The predicted octanol–water partition coefficient (Wildman–Crippen LogP) is 3.00. The van der Waals surface area contributed by atoms with Crippen molar-refractivity contribution in [2.45, 2.75) is 6.04 Å². The van der Waals surface area contributed by atoms with Crippen LogP contribution in [0, 0.1) is 0 Å². The molecule has 3 rings (SSSR count). The van der Waals surface area contributed by atoms with Crippen LogP contribution in [-0.2, 0) is 4.79 Å². The molecule has 2 amide bonds. The Hall–Kier alpha value is -3.16. The summed E-state index contributed by atoms with van der Waals surface area (Å²) in [5.41, 5.74) is 15.0. The molecule has 1 atom stereocenters. The standard InChI is InChI=1S/C20H20N4O2S/c1-23-20(26)18(22)12-4-6-13(7-5-12)19(25)24-16-11-14(8-9-15(16)21)17-3-2-10-27-17/h2-11,18H,21-22H2,1H3,(H,23,26)(H,24,25). The maximum atomic E-state index is 12.6. The molecule has 0 saturated carbocycles. The lowest BCUT2D eigenvalue weighted by atomic mass is 10.0. The molecule has 3 aromatic rings. The number of benzene rings is 2. The molecule has 138 valence electrons. The van der Waals surface area contributed by atoms with Gasteiger partial charge in [0.15, 0.2) is 0 Å². The number of likely N-dealkylation sites (N-methyl/N-ethyl adjacent to an activating group) is 1. The molecule has 0 aliphatic rings. The molecule has 0 fully saturated rings. The van der Waals surface area contributed by atoms with Crippen LogP contribution in [0.3, 0.4) is 0 Å². The van der Waals surface area contributed by atoms with Crippen molar-refractivity contribution in [2.24, 2.45) is 5.73 Å². The molecule has 0 spiro atoms. The second-order valence-electron chi connectivity index (χ2n) is 5.95. The highest BCUT2D eigenvalue weighted by atomic mass is 32.1. The normalized spacial score (nSPS) is 11.6. The van der Waals surface area contributed by atoms with Gasteiger partial charge in [-0.25, -0.2) is 0 Å². The first-order chi connectivity index (χ1) is 13.0. The van der Waals surface area contributed by atoms with Gasteiger partial charge in [0.05, 0.1) is 11.4 Å². The molecule has 0 aliphatic heterocycles. The average Bonchev–Trinajstić information content (AvgIpc) is 3.23. The Morgan fingerprint density at radius 1 is 1.07 bits per heavy atom. The topological polar surface area (TPSA) is 110 Å². The quantitative estimate of drug-likeness (QED) is 0.510. The van der Waals surface area contributed by atoms with Crippen molar-refractivity contribution in [3.05, 3.63) is 71.1 Å². The summed E-state index contributed by atoms with van der Waals surface area (Å²) in [7, 11) is 1.53. The lowest BCUT2D eigenvalue weighted by Gasteiger charge is -2.12. The van der Waals surface area contributed by atoms with Crippen LogP contribution in [0.25, 0.3) is 10.4 Å². The number of nitrogens with one attached hydrogen (secondary N) is 2. The first kappa shape index (κ1) is 18.6. The minimum atomic E-state index is -0.773. The zero-order chi connectivity index (χ0) is 19.4. The monoisotopic (exact) mass is 380 g/mol. The minimum absolute atomic E-state index is 0.287. The summed E-state index contributed by atoms with van der Waals surface area (Å²) >= 11 is 1.62. The third-order valence-electron chi connectivity index (χ3n) is 4.17. The van der Waals surface area contributed by atoms with E-state index in [1.165, 1.54) is 7.05 Å². The maximum absolute atomic E-state index is 12.6. The number of amides is 2. The van der Waals surface area contributed by atoms with Gasteiger partial charge in [0.2, 0.25) is 5.91 Å². The van der Waals surface area contributed by atoms with Crippen molar-refractivity contribution in [1.29, 1.82) is 0 Å². The van der Waals surface area contributed by atoms with Crippen LogP contribution >= 0.6 is 11.3 Å². The number of nitrogens with two attached hydrogens (primary N) is 2. The summed E-state index contributed by atoms with van der Waals surface area (Å²) in [6.07, 6.45) is 0. The first-order valence-corrected chi connectivity index (χ1v) is 9.19. The third-order valence-corrected chi connectivity index (χ3v) is 5.09. The van der Waals surface area contributed by atoms with E-state index in [0.29, 0.717) is 22.5 Å². The Kier molecular flexibility index (Phi) is 5.54. The van der Waals surface area contributed by atoms with Gasteiger partial charge in [0, 0.05) is 17.5 Å². The molecule has 1 heterocycles. The van der Waals surface area contributed by atoms with Crippen LogP contribution in [0.15, 0.2) is 60.0 Å². The van der Waals surface area contributed by atoms with Gasteiger partial charge in [-0.1, -0.05) is 24.3 Å². The highest BCUT2D eigenvalue weighted by molar-refractivity contribution is 7.13. The molecule has 0 saturated heterocycles. The molecule has 0 radical (unpaired) electrons. The third kappa shape index (κ3) is 4.16. The van der Waals surface area contributed by atoms with Crippen molar-refractivity contribution in [1.82, 2.24) is 5.32 Å². The number of nitrogen functional groups attached to an aromatic ring is 1. The second kappa shape index (κ2) is 8.03. The van der Waals surface area contributed by atoms with Crippen molar-refractivity contribution in [3.63, 3.8) is 0 Å². The Balaban J connectivity index is 1.77. The summed E-state index contributed by atoms with van der Waals surface area (Å²) in [5, 5.41) is 7.34. The smallest absolute Gasteiger partial charge is 0.255 e. The number of carbonyl (C=O) groups excluding carboxylic acids is 2. The molecule has 1 unspecified atom stereocenters. The van der Waals surface area contributed by atoms with Crippen molar-refractivity contribution in [3.8, 4) is 10.4 Å². The van der Waals surface area contributed by atoms with Crippen LogP contribution in [0.5, 0.6) is 0 Å². The van der Waals surface area contributed by atoms with Crippen molar-refractivity contribution in [2.75, 3.05) is 18.1 Å². The molecule has 7 heteroatoms. The average molecular weight is 380 g/mol. The van der Waals surface area contributed by atoms with E-state index in [1.807, 2.05) is 29.6 Å². The number of anilines is 2. The maximum Gasteiger partial charge on any atom is 0.255 e. The van der Waals surface area contributed by atoms with Gasteiger partial charge in [-0.05, 0) is 46.8 Å².